The highest BCUT2D eigenvalue weighted by atomic mass is 16.6. The van der Waals surface area contributed by atoms with E-state index in [2.05, 4.69) is 15.4 Å². The smallest absolute Gasteiger partial charge is 0.408 e. The van der Waals surface area contributed by atoms with Crippen LogP contribution in [-0.2, 0) is 23.9 Å². The van der Waals surface area contributed by atoms with Crippen molar-refractivity contribution in [2.24, 2.45) is 0 Å². The van der Waals surface area contributed by atoms with Crippen LogP contribution in [0.1, 0.15) is 57.4 Å². The number of nitrogens with zero attached hydrogens (tertiary/aromatic N) is 1. The van der Waals surface area contributed by atoms with Crippen LogP contribution in [0.5, 0.6) is 0 Å². The summed E-state index contributed by atoms with van der Waals surface area (Å²) in [7, 11) is 1.23. The Hall–Kier alpha value is -3.10. The molecule has 9 nitrogen and oxygen atoms in total. The average Bonchev–Trinajstić information content (AvgIpc) is 2.68. The summed E-state index contributed by atoms with van der Waals surface area (Å²) in [5, 5.41) is 4.99. The summed E-state index contributed by atoms with van der Waals surface area (Å²) in [4.78, 5) is 51.3. The fourth-order valence-corrected chi connectivity index (χ4v) is 3.10. The summed E-state index contributed by atoms with van der Waals surface area (Å²) in [6.07, 6.45) is -0.729. The number of alkyl carbamates (subject to hydrolysis) is 1. The van der Waals surface area contributed by atoms with Gasteiger partial charge in [-0.1, -0.05) is 18.2 Å². The van der Waals surface area contributed by atoms with Gasteiger partial charge in [-0.15, -0.1) is 0 Å². The molecular formula is C23H35N3O6. The van der Waals surface area contributed by atoms with Gasteiger partial charge in [-0.25, -0.2) is 4.79 Å². The number of hydrogen-bond donors (Lipinski definition) is 2. The molecule has 1 atom stereocenters. The van der Waals surface area contributed by atoms with Crippen LogP contribution in [0.25, 0.3) is 0 Å². The Bertz CT molecular complexity index is 845. The number of benzene rings is 1. The van der Waals surface area contributed by atoms with Crippen LogP contribution in [0.4, 0.5) is 4.79 Å². The molecule has 1 aromatic rings. The van der Waals surface area contributed by atoms with Gasteiger partial charge in [-0.3, -0.25) is 14.4 Å². The van der Waals surface area contributed by atoms with Crippen molar-refractivity contribution in [3.05, 3.63) is 34.9 Å². The largest absolute Gasteiger partial charge is 0.468 e. The molecular weight excluding hydrogens is 414 g/mol. The number of ether oxygens (including phenoxy) is 2. The van der Waals surface area contributed by atoms with E-state index in [0.717, 1.165) is 11.1 Å². The highest BCUT2D eigenvalue weighted by Crippen LogP contribution is 2.28. The Kier molecular flexibility index (Phi) is 9.68. The van der Waals surface area contributed by atoms with E-state index in [4.69, 9.17) is 4.74 Å². The minimum Gasteiger partial charge on any atom is -0.468 e. The van der Waals surface area contributed by atoms with Crippen LogP contribution in [0.2, 0.25) is 0 Å². The fourth-order valence-electron chi connectivity index (χ4n) is 3.10. The lowest BCUT2D eigenvalue weighted by molar-refractivity contribution is -0.144. The summed E-state index contributed by atoms with van der Waals surface area (Å²) in [5.41, 5.74) is 1.73. The maximum Gasteiger partial charge on any atom is 0.408 e. The van der Waals surface area contributed by atoms with Crippen LogP contribution >= 0.6 is 0 Å². The van der Waals surface area contributed by atoms with Crippen LogP contribution in [0.3, 0.4) is 0 Å². The van der Waals surface area contributed by atoms with E-state index in [1.54, 1.807) is 46.8 Å². The minimum atomic E-state index is -1.01. The Labute approximate surface area is 189 Å². The van der Waals surface area contributed by atoms with Crippen molar-refractivity contribution in [2.75, 3.05) is 20.2 Å². The molecule has 0 aliphatic carbocycles. The fraction of sp³-hybridized carbons (Fsp3) is 0.565. The van der Waals surface area contributed by atoms with Crippen LogP contribution < -0.4 is 10.6 Å². The van der Waals surface area contributed by atoms with Crippen LogP contribution in [0, 0.1) is 13.8 Å². The molecule has 0 spiro atoms. The molecule has 1 rings (SSSR count). The topological polar surface area (TPSA) is 114 Å². The van der Waals surface area contributed by atoms with E-state index >= 15 is 0 Å². The highest BCUT2D eigenvalue weighted by Gasteiger charge is 2.34. The zero-order valence-corrected chi connectivity index (χ0v) is 20.2. The molecule has 0 fully saturated rings. The van der Waals surface area contributed by atoms with Crippen molar-refractivity contribution in [3.8, 4) is 0 Å². The Morgan fingerprint density at radius 2 is 1.66 bits per heavy atom. The van der Waals surface area contributed by atoms with Crippen molar-refractivity contribution in [1.29, 1.82) is 0 Å². The molecule has 1 unspecified atom stereocenters. The highest BCUT2D eigenvalue weighted by molar-refractivity contribution is 5.92. The Morgan fingerprint density at radius 1 is 1.03 bits per heavy atom. The first-order chi connectivity index (χ1) is 14.8. The van der Waals surface area contributed by atoms with Crippen molar-refractivity contribution < 1.29 is 28.7 Å². The van der Waals surface area contributed by atoms with E-state index in [1.807, 2.05) is 19.9 Å². The second kappa shape index (κ2) is 11.5. The third kappa shape index (κ3) is 7.86. The molecule has 0 bridgehead atoms. The molecule has 0 saturated heterocycles. The average molecular weight is 450 g/mol. The summed E-state index contributed by atoms with van der Waals surface area (Å²) in [5.74, 6) is -1.60. The normalized spacial score (nSPS) is 12.0. The summed E-state index contributed by atoms with van der Waals surface area (Å²) >= 11 is 0. The van der Waals surface area contributed by atoms with Gasteiger partial charge in [0, 0.05) is 6.04 Å². The molecule has 2 N–H and O–H groups in total. The first-order valence-corrected chi connectivity index (χ1v) is 10.5. The molecule has 178 valence electrons. The molecule has 0 heterocycles. The van der Waals surface area contributed by atoms with Crippen LogP contribution in [0.15, 0.2) is 18.2 Å². The van der Waals surface area contributed by atoms with Gasteiger partial charge < -0.3 is 25.0 Å². The molecule has 32 heavy (non-hydrogen) atoms. The quantitative estimate of drug-likeness (QED) is 0.589. The Balaban J connectivity index is 3.25. The number of aryl methyl sites for hydroxylation is 1. The Morgan fingerprint density at radius 3 is 2.19 bits per heavy atom. The minimum absolute atomic E-state index is 0.326. The maximum atomic E-state index is 13.2. The number of carbonyl (C=O) groups is 4. The van der Waals surface area contributed by atoms with Gasteiger partial charge >= 0.3 is 12.1 Å². The number of amides is 3. The second-order valence-corrected chi connectivity index (χ2v) is 8.74. The van der Waals surface area contributed by atoms with Gasteiger partial charge in [0.05, 0.1) is 7.11 Å². The summed E-state index contributed by atoms with van der Waals surface area (Å²) in [6, 6.07) is 4.10. The molecule has 3 amide bonds. The lowest BCUT2D eigenvalue weighted by atomic mass is 9.94. The van der Waals surface area contributed by atoms with E-state index in [9.17, 15) is 19.2 Å². The van der Waals surface area contributed by atoms with E-state index < -0.39 is 35.5 Å². The van der Waals surface area contributed by atoms with Gasteiger partial charge in [-0.05, 0) is 65.2 Å². The number of nitrogens with one attached hydrogen (secondary N) is 2. The predicted octanol–water partition coefficient (Wildman–Crippen LogP) is 2.40. The number of esters is 1. The maximum absolute atomic E-state index is 13.2. The number of methoxy groups -OCH3 is 1. The van der Waals surface area contributed by atoms with Crippen molar-refractivity contribution in [3.63, 3.8) is 0 Å². The summed E-state index contributed by atoms with van der Waals surface area (Å²) < 4.78 is 9.77. The van der Waals surface area contributed by atoms with Gasteiger partial charge in [0.2, 0.25) is 11.8 Å². The van der Waals surface area contributed by atoms with Gasteiger partial charge in [-0.2, -0.15) is 0 Å². The number of carbonyl (C=O) groups excluding carboxylic acids is 4. The zero-order chi connectivity index (χ0) is 24.6. The number of rotatable bonds is 8. The first-order valence-electron chi connectivity index (χ1n) is 10.5. The van der Waals surface area contributed by atoms with Gasteiger partial charge in [0.25, 0.3) is 0 Å². The van der Waals surface area contributed by atoms with Gasteiger partial charge in [0.15, 0.2) is 0 Å². The molecule has 1 aromatic carbocycles. The standard InChI is InChI=1S/C23H35N3O6/c1-14(2)26(18(27)12-25-22(30)32-23(5,6)7)20(21(29)24-13-19(28)31-8)17-11-9-10-15(3)16(17)4/h9-11,14,20H,12-13H2,1-8H3,(H,24,29)(H,25,30). The van der Waals surface area contributed by atoms with Crippen molar-refractivity contribution in [1.82, 2.24) is 15.5 Å². The predicted molar refractivity (Wildman–Crippen MR) is 120 cm³/mol. The first kappa shape index (κ1) is 26.9. The molecule has 0 radical (unpaired) electrons. The third-order valence-electron chi connectivity index (χ3n) is 4.73. The lowest BCUT2D eigenvalue weighted by Crippen LogP contribution is -2.51. The monoisotopic (exact) mass is 449 g/mol. The number of hydrogen-bond acceptors (Lipinski definition) is 6. The molecule has 0 saturated carbocycles. The zero-order valence-electron chi connectivity index (χ0n) is 20.2. The molecule has 0 aliphatic rings. The van der Waals surface area contributed by atoms with Crippen molar-refractivity contribution >= 4 is 23.9 Å². The molecule has 0 aromatic heterocycles. The second-order valence-electron chi connectivity index (χ2n) is 8.74. The van der Waals surface area contributed by atoms with E-state index in [-0.39, 0.29) is 19.1 Å². The van der Waals surface area contributed by atoms with E-state index in [0.29, 0.717) is 5.56 Å². The molecule has 0 aliphatic heterocycles. The lowest BCUT2D eigenvalue weighted by Gasteiger charge is -2.35. The third-order valence-corrected chi connectivity index (χ3v) is 4.73. The van der Waals surface area contributed by atoms with Gasteiger partial charge in [0.1, 0.15) is 24.7 Å². The van der Waals surface area contributed by atoms with E-state index in [1.165, 1.54) is 12.0 Å². The summed E-state index contributed by atoms with van der Waals surface area (Å²) in [6.45, 7) is 11.8. The van der Waals surface area contributed by atoms with Crippen LogP contribution in [-0.4, -0.2) is 60.6 Å². The van der Waals surface area contributed by atoms with Crippen molar-refractivity contribution in [2.45, 2.75) is 66.2 Å². The SMILES string of the molecule is COC(=O)CNC(=O)C(c1cccc(C)c1C)N(C(=O)CNC(=O)OC(C)(C)C)C(C)C. The molecule has 9 heteroatoms.